The lowest BCUT2D eigenvalue weighted by Crippen LogP contribution is -2.28. The van der Waals surface area contributed by atoms with Gasteiger partial charge in [0.2, 0.25) is 0 Å². The Balaban J connectivity index is 1.48. The minimum atomic E-state index is -1.02. The largest absolute Gasteiger partial charge is 0.489 e. The Kier molecular flexibility index (Phi) is 7.69. The van der Waals surface area contributed by atoms with Gasteiger partial charge in [-0.15, -0.1) is 0 Å². The maximum absolute atomic E-state index is 12.9. The molecule has 1 saturated heterocycles. The normalized spacial score (nSPS) is 15.8. The summed E-state index contributed by atoms with van der Waals surface area (Å²) < 4.78 is 7.04. The van der Waals surface area contributed by atoms with E-state index >= 15 is 0 Å². The van der Waals surface area contributed by atoms with Gasteiger partial charge in [-0.25, -0.2) is 9.79 Å². The Morgan fingerprint density at radius 3 is 2.53 bits per heavy atom. The second-order valence-electron chi connectivity index (χ2n) is 7.39. The predicted octanol–water partition coefficient (Wildman–Crippen LogP) is 6.19. The molecule has 0 spiro atoms. The van der Waals surface area contributed by atoms with Gasteiger partial charge in [-0.05, 0) is 101 Å². The van der Waals surface area contributed by atoms with Crippen molar-refractivity contribution in [2.24, 2.45) is 4.99 Å². The highest BCUT2D eigenvalue weighted by Crippen LogP contribution is 2.34. The second-order valence-corrected chi connectivity index (χ2v) is 9.65. The number of carbonyl (C=O) groups is 2. The molecule has 0 unspecified atom stereocenters. The average Bonchev–Trinajstić information content (AvgIpc) is 3.13. The quantitative estimate of drug-likeness (QED) is 0.265. The summed E-state index contributed by atoms with van der Waals surface area (Å²) in [6.45, 7) is 2.83. The Labute approximate surface area is 215 Å². The maximum Gasteiger partial charge on any atom is 0.335 e. The first-order chi connectivity index (χ1) is 16.4. The summed E-state index contributed by atoms with van der Waals surface area (Å²) in [5.41, 5.74) is 2.62. The topological polar surface area (TPSA) is 79.2 Å². The number of amides is 1. The molecule has 1 aliphatic rings. The molecule has 1 fully saturated rings. The summed E-state index contributed by atoms with van der Waals surface area (Å²) in [5, 5.41) is 9.73. The van der Waals surface area contributed by atoms with E-state index in [1.165, 1.54) is 27.5 Å². The molecule has 0 atom stereocenters. The van der Waals surface area contributed by atoms with Crippen LogP contribution in [0.4, 0.5) is 5.69 Å². The Morgan fingerprint density at radius 2 is 1.85 bits per heavy atom. The minimum absolute atomic E-state index is 0.125. The molecule has 1 amide bonds. The van der Waals surface area contributed by atoms with Crippen LogP contribution < -0.4 is 4.74 Å². The minimum Gasteiger partial charge on any atom is -0.489 e. The fraction of sp³-hybridized carbons (Fsp3) is 0.115. The van der Waals surface area contributed by atoms with Gasteiger partial charge in [-0.3, -0.25) is 9.69 Å². The van der Waals surface area contributed by atoms with Gasteiger partial charge < -0.3 is 9.84 Å². The van der Waals surface area contributed by atoms with E-state index in [1.54, 1.807) is 17.0 Å². The SMILES string of the molecule is CCN1C(=O)/C(=C/c2ccc(OCc3ccc(I)cc3)cc2)SC1=Nc1cccc(C(=O)O)c1. The molecule has 172 valence electrons. The van der Waals surface area contributed by atoms with Gasteiger partial charge in [-0.2, -0.15) is 0 Å². The molecule has 3 aromatic rings. The highest BCUT2D eigenvalue weighted by molar-refractivity contribution is 14.1. The van der Waals surface area contributed by atoms with Crippen molar-refractivity contribution in [3.8, 4) is 5.75 Å². The standard InChI is InChI=1S/C26H21IN2O4S/c1-2-29-24(30)23(34-26(29)28-21-5-3-4-19(15-21)25(31)32)14-17-8-12-22(13-9-17)33-16-18-6-10-20(27)11-7-18/h3-15H,2,16H2,1H3,(H,31,32)/b23-14-,28-26?. The molecule has 1 N–H and O–H groups in total. The summed E-state index contributed by atoms with van der Waals surface area (Å²) in [5.74, 6) is -0.391. The first-order valence-electron chi connectivity index (χ1n) is 10.5. The van der Waals surface area contributed by atoms with Crippen LogP contribution in [0, 0.1) is 3.57 Å². The first-order valence-corrected chi connectivity index (χ1v) is 12.4. The number of aliphatic imine (C=N–C) groups is 1. The molecule has 0 bridgehead atoms. The molecule has 0 radical (unpaired) electrons. The monoisotopic (exact) mass is 584 g/mol. The van der Waals surface area contributed by atoms with E-state index in [4.69, 9.17) is 4.74 Å². The molecule has 0 saturated carbocycles. The van der Waals surface area contributed by atoms with Crippen molar-refractivity contribution in [3.63, 3.8) is 0 Å². The summed E-state index contributed by atoms with van der Waals surface area (Å²) >= 11 is 3.55. The second kappa shape index (κ2) is 10.9. The van der Waals surface area contributed by atoms with Gasteiger partial charge >= 0.3 is 5.97 Å². The zero-order valence-electron chi connectivity index (χ0n) is 18.3. The van der Waals surface area contributed by atoms with Crippen LogP contribution in [0.1, 0.15) is 28.4 Å². The summed E-state index contributed by atoms with van der Waals surface area (Å²) in [6, 6.07) is 22.1. The third-order valence-electron chi connectivity index (χ3n) is 5.02. The molecule has 4 rings (SSSR count). The van der Waals surface area contributed by atoms with Crippen LogP contribution in [0.25, 0.3) is 6.08 Å². The number of amidine groups is 1. The molecule has 0 aromatic heterocycles. The van der Waals surface area contributed by atoms with Crippen LogP contribution in [0.2, 0.25) is 0 Å². The molecule has 6 nitrogen and oxygen atoms in total. The zero-order chi connectivity index (χ0) is 24.1. The van der Waals surface area contributed by atoms with Gasteiger partial charge in [0, 0.05) is 10.1 Å². The summed E-state index contributed by atoms with van der Waals surface area (Å²) in [4.78, 5) is 30.8. The number of aromatic carboxylic acids is 1. The smallest absolute Gasteiger partial charge is 0.335 e. The lowest BCUT2D eigenvalue weighted by molar-refractivity contribution is -0.122. The van der Waals surface area contributed by atoms with Crippen LogP contribution in [0.3, 0.4) is 0 Å². The first kappa shape index (κ1) is 24.0. The van der Waals surface area contributed by atoms with Gasteiger partial charge in [0.25, 0.3) is 5.91 Å². The van der Waals surface area contributed by atoms with E-state index in [-0.39, 0.29) is 11.5 Å². The van der Waals surface area contributed by atoms with Gasteiger partial charge in [0.15, 0.2) is 5.17 Å². The third kappa shape index (κ3) is 5.87. The van der Waals surface area contributed by atoms with E-state index in [1.807, 2.05) is 61.5 Å². The fourth-order valence-corrected chi connectivity index (χ4v) is 4.67. The van der Waals surface area contributed by atoms with Crippen LogP contribution in [-0.4, -0.2) is 33.6 Å². The number of carboxylic acids is 1. The van der Waals surface area contributed by atoms with E-state index in [2.05, 4.69) is 27.6 Å². The molecule has 1 aliphatic heterocycles. The van der Waals surface area contributed by atoms with Crippen molar-refractivity contribution in [2.45, 2.75) is 13.5 Å². The summed E-state index contributed by atoms with van der Waals surface area (Å²) in [6.07, 6.45) is 1.83. The number of ether oxygens (including phenoxy) is 1. The van der Waals surface area contributed by atoms with Crippen LogP contribution >= 0.6 is 34.4 Å². The lowest BCUT2D eigenvalue weighted by atomic mass is 10.2. The van der Waals surface area contributed by atoms with Crippen molar-refractivity contribution in [2.75, 3.05) is 6.54 Å². The molecule has 8 heteroatoms. The summed E-state index contributed by atoms with van der Waals surface area (Å²) in [7, 11) is 0. The van der Waals surface area contributed by atoms with Gasteiger partial charge in [0.1, 0.15) is 12.4 Å². The van der Waals surface area contributed by atoms with Crippen LogP contribution in [-0.2, 0) is 11.4 Å². The number of hydrogen-bond acceptors (Lipinski definition) is 5. The number of carbonyl (C=O) groups excluding carboxylic acids is 1. The van der Waals surface area contributed by atoms with Crippen molar-refractivity contribution in [1.29, 1.82) is 0 Å². The Morgan fingerprint density at radius 1 is 1.12 bits per heavy atom. The molecular formula is C26H21IN2O4S. The van der Waals surface area contributed by atoms with Crippen LogP contribution in [0.5, 0.6) is 5.75 Å². The van der Waals surface area contributed by atoms with E-state index in [9.17, 15) is 14.7 Å². The Bertz CT molecular complexity index is 1270. The number of thioether (sulfide) groups is 1. The van der Waals surface area contributed by atoms with Crippen molar-refractivity contribution in [3.05, 3.63) is 98.0 Å². The predicted molar refractivity (Wildman–Crippen MR) is 143 cm³/mol. The maximum atomic E-state index is 12.9. The number of hydrogen-bond donors (Lipinski definition) is 1. The van der Waals surface area contributed by atoms with Crippen molar-refractivity contribution < 1.29 is 19.4 Å². The van der Waals surface area contributed by atoms with E-state index < -0.39 is 5.97 Å². The fourth-order valence-electron chi connectivity index (χ4n) is 3.25. The molecule has 34 heavy (non-hydrogen) atoms. The Hall–Kier alpha value is -3.11. The van der Waals surface area contributed by atoms with Crippen molar-refractivity contribution in [1.82, 2.24) is 4.90 Å². The molecule has 3 aromatic carbocycles. The highest BCUT2D eigenvalue weighted by atomic mass is 127. The number of likely N-dealkylation sites (N-methyl/N-ethyl adjacent to an activating group) is 1. The number of carboxylic acid groups (broad SMARTS) is 1. The third-order valence-corrected chi connectivity index (χ3v) is 6.74. The van der Waals surface area contributed by atoms with E-state index in [0.717, 1.165) is 16.9 Å². The average molecular weight is 584 g/mol. The lowest BCUT2D eigenvalue weighted by Gasteiger charge is -2.12. The molecule has 0 aliphatic carbocycles. The number of nitrogens with zero attached hydrogens (tertiary/aromatic N) is 2. The van der Waals surface area contributed by atoms with Gasteiger partial charge in [0.05, 0.1) is 16.2 Å². The molecular weight excluding hydrogens is 563 g/mol. The van der Waals surface area contributed by atoms with Crippen LogP contribution in [0.15, 0.2) is 82.7 Å². The number of benzene rings is 3. The zero-order valence-corrected chi connectivity index (χ0v) is 21.2. The number of rotatable bonds is 7. The number of halogens is 1. The van der Waals surface area contributed by atoms with E-state index in [0.29, 0.717) is 28.9 Å². The van der Waals surface area contributed by atoms with Crippen molar-refractivity contribution >= 4 is 63.2 Å². The van der Waals surface area contributed by atoms with Gasteiger partial charge in [-0.1, -0.05) is 30.3 Å². The highest BCUT2D eigenvalue weighted by Gasteiger charge is 2.32. The molecule has 1 heterocycles.